The van der Waals surface area contributed by atoms with Gasteiger partial charge in [0.2, 0.25) is 0 Å². The Morgan fingerprint density at radius 3 is 2.64 bits per heavy atom. The van der Waals surface area contributed by atoms with Crippen molar-refractivity contribution < 1.29 is 14.4 Å². The number of non-ortho nitro benzene ring substituents is 1. The second kappa shape index (κ2) is 10.9. The van der Waals surface area contributed by atoms with Crippen molar-refractivity contribution in [3.8, 4) is 22.8 Å². The number of benzene rings is 2. The molecule has 0 amide bonds. The lowest BCUT2D eigenvalue weighted by atomic mass is 10.1. The van der Waals surface area contributed by atoms with Crippen molar-refractivity contribution in [1.82, 2.24) is 9.88 Å². The second-order valence-electron chi connectivity index (χ2n) is 7.53. The van der Waals surface area contributed by atoms with E-state index in [0.717, 1.165) is 58.0 Å². The molecule has 8 nitrogen and oxygen atoms in total. The number of nitrogens with one attached hydrogen (secondary N) is 1. The summed E-state index contributed by atoms with van der Waals surface area (Å²) in [6, 6.07) is 12.5. The average molecular weight is 487 g/mol. The lowest BCUT2D eigenvalue weighted by Gasteiger charge is -2.25. The van der Waals surface area contributed by atoms with Gasteiger partial charge in [-0.25, -0.2) is 4.98 Å². The molecule has 0 bridgehead atoms. The minimum atomic E-state index is -0.367. The number of anilines is 1. The molecule has 0 saturated carbocycles. The average Bonchev–Trinajstić information content (AvgIpc) is 3.25. The van der Waals surface area contributed by atoms with Crippen molar-refractivity contribution in [2.24, 2.45) is 0 Å². The van der Waals surface area contributed by atoms with Gasteiger partial charge in [0.05, 0.1) is 24.8 Å². The smallest absolute Gasteiger partial charge is 0.270 e. The summed E-state index contributed by atoms with van der Waals surface area (Å²) in [7, 11) is 3.23. The third kappa shape index (κ3) is 5.76. The van der Waals surface area contributed by atoms with Crippen LogP contribution in [0.1, 0.15) is 10.4 Å². The van der Waals surface area contributed by atoms with Crippen molar-refractivity contribution in [1.29, 1.82) is 0 Å². The van der Waals surface area contributed by atoms with Crippen LogP contribution >= 0.6 is 23.1 Å². The Kier molecular flexibility index (Phi) is 7.69. The number of ether oxygens (including phenoxy) is 2. The minimum Gasteiger partial charge on any atom is -0.493 e. The molecule has 2 aromatic carbocycles. The number of nitro groups is 1. The first kappa shape index (κ1) is 23.3. The van der Waals surface area contributed by atoms with E-state index in [0.29, 0.717) is 18.0 Å². The number of rotatable bonds is 9. The standard InChI is InChI=1S/C23H26N4O4S2/c1-30-19-7-6-16(12-20(19)31-2)14-24-23-25-22(17-4-3-5-18(13-17)27(28)29)21(33-23)15-26-8-10-32-11-9-26/h3-7,12-13H,8-11,14-15H2,1-2H3,(H,24,25). The summed E-state index contributed by atoms with van der Waals surface area (Å²) in [5.41, 5.74) is 2.67. The minimum absolute atomic E-state index is 0.0701. The van der Waals surface area contributed by atoms with Crippen LogP contribution in [0.15, 0.2) is 42.5 Å². The molecule has 10 heteroatoms. The summed E-state index contributed by atoms with van der Waals surface area (Å²) in [6.07, 6.45) is 0. The molecular formula is C23H26N4O4S2. The van der Waals surface area contributed by atoms with Gasteiger partial charge in [-0.15, -0.1) is 11.3 Å². The summed E-state index contributed by atoms with van der Waals surface area (Å²) in [5.74, 6) is 3.60. The third-order valence-electron chi connectivity index (χ3n) is 5.39. The summed E-state index contributed by atoms with van der Waals surface area (Å²) in [6.45, 7) is 3.42. The molecule has 4 rings (SSSR count). The highest BCUT2D eigenvalue weighted by Crippen LogP contribution is 2.35. The van der Waals surface area contributed by atoms with Crippen LogP contribution in [0.2, 0.25) is 0 Å². The van der Waals surface area contributed by atoms with Gasteiger partial charge in [-0.05, 0) is 17.7 Å². The molecule has 1 saturated heterocycles. The number of hydrogen-bond acceptors (Lipinski definition) is 9. The Morgan fingerprint density at radius 2 is 1.91 bits per heavy atom. The molecule has 1 N–H and O–H groups in total. The van der Waals surface area contributed by atoms with E-state index in [1.165, 1.54) is 6.07 Å². The maximum Gasteiger partial charge on any atom is 0.270 e. The first-order chi connectivity index (χ1) is 16.1. The molecular weight excluding hydrogens is 460 g/mol. The first-order valence-corrected chi connectivity index (χ1v) is 12.5. The van der Waals surface area contributed by atoms with Crippen LogP contribution in [0.4, 0.5) is 10.8 Å². The zero-order chi connectivity index (χ0) is 23.2. The number of nitrogens with zero attached hydrogens (tertiary/aromatic N) is 3. The van der Waals surface area contributed by atoms with E-state index in [1.54, 1.807) is 37.7 Å². The Labute approximate surface area is 201 Å². The maximum absolute atomic E-state index is 11.3. The van der Waals surface area contributed by atoms with Crippen LogP contribution in [-0.2, 0) is 13.1 Å². The second-order valence-corrected chi connectivity index (χ2v) is 9.84. The molecule has 0 radical (unpaired) electrons. The van der Waals surface area contributed by atoms with Gasteiger partial charge in [0.1, 0.15) is 0 Å². The lowest BCUT2D eigenvalue weighted by Crippen LogP contribution is -2.31. The summed E-state index contributed by atoms with van der Waals surface area (Å²) in [5, 5.41) is 15.5. The lowest BCUT2D eigenvalue weighted by molar-refractivity contribution is -0.384. The van der Waals surface area contributed by atoms with Gasteiger partial charge < -0.3 is 14.8 Å². The molecule has 0 unspecified atom stereocenters. The van der Waals surface area contributed by atoms with E-state index in [1.807, 2.05) is 36.0 Å². The van der Waals surface area contributed by atoms with Crippen LogP contribution in [-0.4, -0.2) is 53.6 Å². The van der Waals surface area contributed by atoms with E-state index >= 15 is 0 Å². The Morgan fingerprint density at radius 1 is 1.12 bits per heavy atom. The molecule has 174 valence electrons. The molecule has 1 aliphatic rings. The number of aromatic nitrogens is 1. The molecule has 1 aliphatic heterocycles. The van der Waals surface area contributed by atoms with Crippen LogP contribution < -0.4 is 14.8 Å². The largest absolute Gasteiger partial charge is 0.493 e. The first-order valence-electron chi connectivity index (χ1n) is 10.6. The van der Waals surface area contributed by atoms with E-state index in [2.05, 4.69) is 10.2 Å². The molecule has 0 atom stereocenters. The van der Waals surface area contributed by atoms with Crippen LogP contribution in [0, 0.1) is 10.1 Å². The number of methoxy groups -OCH3 is 2. The Balaban J connectivity index is 1.59. The van der Waals surface area contributed by atoms with Gasteiger partial charge >= 0.3 is 0 Å². The molecule has 3 aromatic rings. The van der Waals surface area contributed by atoms with Gasteiger partial charge in [0.25, 0.3) is 5.69 Å². The van der Waals surface area contributed by atoms with E-state index in [-0.39, 0.29) is 10.6 Å². The molecule has 0 aliphatic carbocycles. The van der Waals surface area contributed by atoms with Gasteiger partial charge in [0, 0.05) is 60.3 Å². The SMILES string of the molecule is COc1ccc(CNc2nc(-c3cccc([N+](=O)[O-])c3)c(CN3CCSCC3)s2)cc1OC. The van der Waals surface area contributed by atoms with Crippen LogP contribution in [0.25, 0.3) is 11.3 Å². The molecule has 33 heavy (non-hydrogen) atoms. The highest BCUT2D eigenvalue weighted by atomic mass is 32.2. The normalized spacial score (nSPS) is 14.1. The zero-order valence-corrected chi connectivity index (χ0v) is 20.2. The monoisotopic (exact) mass is 486 g/mol. The topological polar surface area (TPSA) is 89.8 Å². The highest BCUT2D eigenvalue weighted by molar-refractivity contribution is 7.99. The van der Waals surface area contributed by atoms with Gasteiger partial charge in [-0.2, -0.15) is 11.8 Å². The van der Waals surface area contributed by atoms with Crippen LogP contribution in [0.5, 0.6) is 11.5 Å². The maximum atomic E-state index is 11.3. The number of thiazole rings is 1. The summed E-state index contributed by atoms with van der Waals surface area (Å²) < 4.78 is 10.7. The predicted molar refractivity (Wildman–Crippen MR) is 134 cm³/mol. The van der Waals surface area contributed by atoms with E-state index in [9.17, 15) is 10.1 Å². The predicted octanol–water partition coefficient (Wildman–Crippen LogP) is 4.90. The third-order valence-corrected chi connectivity index (χ3v) is 7.33. The fourth-order valence-corrected chi connectivity index (χ4v) is 5.66. The molecule has 1 fully saturated rings. The van der Waals surface area contributed by atoms with E-state index in [4.69, 9.17) is 14.5 Å². The van der Waals surface area contributed by atoms with Gasteiger partial charge in [0.15, 0.2) is 16.6 Å². The van der Waals surface area contributed by atoms with Gasteiger partial charge in [-0.1, -0.05) is 18.2 Å². The quantitative estimate of drug-likeness (QED) is 0.338. The van der Waals surface area contributed by atoms with Crippen molar-refractivity contribution in [2.45, 2.75) is 13.1 Å². The van der Waals surface area contributed by atoms with Crippen molar-refractivity contribution in [3.63, 3.8) is 0 Å². The molecule has 0 spiro atoms. The van der Waals surface area contributed by atoms with Crippen molar-refractivity contribution in [2.75, 3.05) is 44.1 Å². The highest BCUT2D eigenvalue weighted by Gasteiger charge is 2.19. The fourth-order valence-electron chi connectivity index (χ4n) is 3.66. The number of thioether (sulfide) groups is 1. The van der Waals surface area contributed by atoms with Crippen molar-refractivity contribution in [3.05, 3.63) is 63.0 Å². The zero-order valence-electron chi connectivity index (χ0n) is 18.6. The summed E-state index contributed by atoms with van der Waals surface area (Å²) >= 11 is 3.57. The molecule has 2 heterocycles. The van der Waals surface area contributed by atoms with E-state index < -0.39 is 0 Å². The Bertz CT molecular complexity index is 1120. The van der Waals surface area contributed by atoms with Gasteiger partial charge in [-0.3, -0.25) is 15.0 Å². The van der Waals surface area contributed by atoms with Crippen molar-refractivity contribution >= 4 is 33.9 Å². The molecule has 1 aromatic heterocycles. The fraction of sp³-hybridized carbons (Fsp3) is 0.348. The summed E-state index contributed by atoms with van der Waals surface area (Å²) in [4.78, 5) is 19.3. The Hall–Kier alpha value is -2.82. The van der Waals surface area contributed by atoms with Crippen LogP contribution in [0.3, 0.4) is 0 Å². The number of hydrogen-bond donors (Lipinski definition) is 1. The number of nitro benzene ring substituents is 1.